The molecule has 3 heterocycles. The van der Waals surface area contributed by atoms with Gasteiger partial charge in [0.1, 0.15) is 6.04 Å². The van der Waals surface area contributed by atoms with Crippen LogP contribution in [0, 0.1) is 0 Å². The molecule has 0 aliphatic rings. The van der Waals surface area contributed by atoms with E-state index in [2.05, 4.69) is 20.5 Å². The van der Waals surface area contributed by atoms with E-state index in [0.717, 1.165) is 27.2 Å². The van der Waals surface area contributed by atoms with Gasteiger partial charge in [-0.25, -0.2) is 4.98 Å². The van der Waals surface area contributed by atoms with Crippen LogP contribution in [-0.4, -0.2) is 25.7 Å². The molecule has 4 rings (SSSR count). The number of thiophene rings is 1. The molecule has 25 heavy (non-hydrogen) atoms. The number of fused-ring (bicyclic) bond motifs is 1. The lowest BCUT2D eigenvalue weighted by Gasteiger charge is -2.14. The molecular formula is C18H17N5OS. The summed E-state index contributed by atoms with van der Waals surface area (Å²) in [5.74, 6) is -0.0542. The number of imidazole rings is 1. The smallest absolute Gasteiger partial charge is 0.243 e. The van der Waals surface area contributed by atoms with Gasteiger partial charge in [-0.05, 0) is 30.5 Å². The number of carbonyl (C=O) groups is 1. The molecule has 0 saturated heterocycles. The zero-order valence-corrected chi connectivity index (χ0v) is 14.5. The first kappa shape index (κ1) is 15.6. The second-order valence-electron chi connectivity index (χ2n) is 5.78. The van der Waals surface area contributed by atoms with E-state index in [0.29, 0.717) is 6.54 Å². The second-order valence-corrected chi connectivity index (χ2v) is 6.73. The van der Waals surface area contributed by atoms with E-state index < -0.39 is 0 Å². The van der Waals surface area contributed by atoms with Crippen molar-refractivity contribution in [1.29, 1.82) is 0 Å². The van der Waals surface area contributed by atoms with E-state index >= 15 is 0 Å². The number of H-pyrrole nitrogens is 1. The van der Waals surface area contributed by atoms with Crippen LogP contribution < -0.4 is 5.32 Å². The lowest BCUT2D eigenvalue weighted by atomic mass is 10.2. The van der Waals surface area contributed by atoms with Crippen molar-refractivity contribution < 1.29 is 4.79 Å². The molecule has 126 valence electrons. The predicted octanol–water partition coefficient (Wildman–Crippen LogP) is 3.37. The van der Waals surface area contributed by atoms with Gasteiger partial charge in [0, 0.05) is 12.1 Å². The molecule has 1 atom stereocenters. The normalized spacial score (nSPS) is 12.4. The number of hydrogen-bond acceptors (Lipinski definition) is 4. The van der Waals surface area contributed by atoms with Crippen LogP contribution in [0.4, 0.5) is 0 Å². The van der Waals surface area contributed by atoms with Crippen LogP contribution in [0.1, 0.15) is 18.5 Å². The van der Waals surface area contributed by atoms with Crippen LogP contribution in [-0.2, 0) is 11.3 Å². The van der Waals surface area contributed by atoms with E-state index in [1.165, 1.54) is 0 Å². The molecule has 0 spiro atoms. The third kappa shape index (κ3) is 2.94. The number of hydrogen-bond donors (Lipinski definition) is 2. The Labute approximate surface area is 148 Å². The molecule has 6 nitrogen and oxygen atoms in total. The van der Waals surface area contributed by atoms with Crippen molar-refractivity contribution in [2.24, 2.45) is 0 Å². The topological polar surface area (TPSA) is 75.6 Å². The maximum Gasteiger partial charge on any atom is 0.243 e. The fraction of sp³-hybridized carbons (Fsp3) is 0.167. The molecule has 0 aliphatic carbocycles. The minimum Gasteiger partial charge on any atom is -0.350 e. The van der Waals surface area contributed by atoms with Gasteiger partial charge in [-0.1, -0.05) is 18.2 Å². The molecular weight excluding hydrogens is 334 g/mol. The highest BCUT2D eigenvalue weighted by atomic mass is 32.1. The monoisotopic (exact) mass is 351 g/mol. The van der Waals surface area contributed by atoms with Crippen LogP contribution >= 0.6 is 11.3 Å². The minimum absolute atomic E-state index is 0.0542. The lowest BCUT2D eigenvalue weighted by Crippen LogP contribution is -2.30. The Bertz CT molecular complexity index is 1000. The summed E-state index contributed by atoms with van der Waals surface area (Å²) in [6.07, 6.45) is 3.47. The van der Waals surface area contributed by atoms with Crippen molar-refractivity contribution in [1.82, 2.24) is 25.1 Å². The summed E-state index contributed by atoms with van der Waals surface area (Å²) >= 11 is 1.64. The van der Waals surface area contributed by atoms with Crippen LogP contribution in [0.2, 0.25) is 0 Å². The Morgan fingerprint density at radius 1 is 1.32 bits per heavy atom. The molecule has 4 aromatic rings. The van der Waals surface area contributed by atoms with Crippen LogP contribution in [0.25, 0.3) is 21.6 Å². The number of nitrogens with one attached hydrogen (secondary N) is 2. The summed E-state index contributed by atoms with van der Waals surface area (Å²) in [6, 6.07) is 11.5. The Kier molecular flexibility index (Phi) is 4.07. The van der Waals surface area contributed by atoms with E-state index in [4.69, 9.17) is 0 Å². The zero-order valence-electron chi connectivity index (χ0n) is 13.6. The van der Waals surface area contributed by atoms with Gasteiger partial charge in [-0.3, -0.25) is 9.89 Å². The van der Waals surface area contributed by atoms with Crippen LogP contribution in [0.15, 0.2) is 54.3 Å². The van der Waals surface area contributed by atoms with E-state index in [1.54, 1.807) is 23.9 Å². The quantitative estimate of drug-likeness (QED) is 0.579. The van der Waals surface area contributed by atoms with E-state index in [1.807, 2.05) is 53.3 Å². The lowest BCUT2D eigenvalue weighted by molar-refractivity contribution is -0.123. The molecule has 1 amide bonds. The van der Waals surface area contributed by atoms with Crippen molar-refractivity contribution in [3.63, 3.8) is 0 Å². The number of nitrogens with zero attached hydrogens (tertiary/aromatic N) is 3. The number of amides is 1. The van der Waals surface area contributed by atoms with E-state index in [9.17, 15) is 4.79 Å². The predicted molar refractivity (Wildman–Crippen MR) is 98.2 cm³/mol. The number of rotatable bonds is 5. The molecule has 0 aliphatic heterocycles. The second kappa shape index (κ2) is 6.52. The van der Waals surface area contributed by atoms with Crippen molar-refractivity contribution >= 4 is 28.3 Å². The maximum absolute atomic E-state index is 12.6. The van der Waals surface area contributed by atoms with Crippen molar-refractivity contribution in [2.75, 3.05) is 0 Å². The summed E-state index contributed by atoms with van der Waals surface area (Å²) in [7, 11) is 0. The molecule has 1 unspecified atom stereocenters. The van der Waals surface area contributed by atoms with E-state index in [-0.39, 0.29) is 11.9 Å². The molecule has 2 N–H and O–H groups in total. The van der Waals surface area contributed by atoms with Crippen LogP contribution in [0.3, 0.4) is 0 Å². The first-order valence-corrected chi connectivity index (χ1v) is 8.87. The number of benzene rings is 1. The molecule has 7 heteroatoms. The SMILES string of the molecule is CC(C(=O)NCc1cn[nH]c1-c1cccs1)n1cnc2ccccc21. The molecule has 0 fully saturated rings. The molecule has 0 saturated carbocycles. The molecule has 3 aromatic heterocycles. The average molecular weight is 351 g/mol. The number of para-hydroxylation sites is 2. The highest BCUT2D eigenvalue weighted by Crippen LogP contribution is 2.25. The molecule has 0 radical (unpaired) electrons. The fourth-order valence-electron chi connectivity index (χ4n) is 2.82. The van der Waals surface area contributed by atoms with Crippen molar-refractivity contribution in [3.8, 4) is 10.6 Å². The van der Waals surface area contributed by atoms with Gasteiger partial charge < -0.3 is 9.88 Å². The summed E-state index contributed by atoms with van der Waals surface area (Å²) in [5, 5.41) is 12.1. The Morgan fingerprint density at radius 2 is 2.20 bits per heavy atom. The summed E-state index contributed by atoms with van der Waals surface area (Å²) in [4.78, 5) is 18.0. The van der Waals surface area contributed by atoms with Gasteiger partial charge >= 0.3 is 0 Å². The Morgan fingerprint density at radius 3 is 3.04 bits per heavy atom. The number of aromatic nitrogens is 4. The number of carbonyl (C=O) groups excluding carboxylic acids is 1. The number of aromatic amines is 1. The highest BCUT2D eigenvalue weighted by Gasteiger charge is 2.18. The summed E-state index contributed by atoms with van der Waals surface area (Å²) < 4.78 is 1.89. The first-order valence-electron chi connectivity index (χ1n) is 7.99. The summed E-state index contributed by atoms with van der Waals surface area (Å²) in [6.45, 7) is 2.30. The fourth-order valence-corrected chi connectivity index (χ4v) is 3.58. The largest absolute Gasteiger partial charge is 0.350 e. The van der Waals surface area contributed by atoms with Gasteiger partial charge in [-0.2, -0.15) is 5.10 Å². The van der Waals surface area contributed by atoms with Gasteiger partial charge in [0.15, 0.2) is 0 Å². The summed E-state index contributed by atoms with van der Waals surface area (Å²) in [5.41, 5.74) is 3.76. The van der Waals surface area contributed by atoms with Gasteiger partial charge in [0.05, 0.1) is 34.1 Å². The first-order chi connectivity index (χ1) is 12.2. The van der Waals surface area contributed by atoms with Gasteiger partial charge in [-0.15, -0.1) is 11.3 Å². The van der Waals surface area contributed by atoms with Crippen molar-refractivity contribution in [3.05, 3.63) is 59.9 Å². The third-order valence-corrected chi connectivity index (χ3v) is 5.10. The van der Waals surface area contributed by atoms with Crippen LogP contribution in [0.5, 0.6) is 0 Å². The van der Waals surface area contributed by atoms with Crippen molar-refractivity contribution in [2.45, 2.75) is 19.5 Å². The highest BCUT2D eigenvalue weighted by molar-refractivity contribution is 7.13. The van der Waals surface area contributed by atoms with Gasteiger partial charge in [0.25, 0.3) is 0 Å². The van der Waals surface area contributed by atoms with Gasteiger partial charge in [0.2, 0.25) is 5.91 Å². The third-order valence-electron chi connectivity index (χ3n) is 4.22. The minimum atomic E-state index is -0.343. The Hall–Kier alpha value is -2.93. The Balaban J connectivity index is 1.49. The average Bonchev–Trinajstić information content (AvgIpc) is 3.38. The molecule has 0 bridgehead atoms. The standard InChI is InChI=1S/C18H17N5OS/c1-12(23-11-20-14-5-2-3-6-15(14)23)18(24)19-9-13-10-21-22-17(13)16-7-4-8-25-16/h2-8,10-12H,9H2,1H3,(H,19,24)(H,21,22). The zero-order chi connectivity index (χ0) is 17.2. The molecule has 1 aromatic carbocycles. The maximum atomic E-state index is 12.6.